The minimum atomic E-state index is 0.512. The molecular weight excluding hydrogens is 355 g/mol. The van der Waals surface area contributed by atoms with Gasteiger partial charge in [-0.15, -0.1) is 9.24 Å². The smallest absolute Gasteiger partial charge is 0.0105 e. The highest BCUT2D eigenvalue weighted by Gasteiger charge is 2.30. The average molecular weight is 395 g/mol. The first-order valence-corrected chi connectivity index (χ1v) is 12.0. The normalized spacial score (nSPS) is 15.8. The molecule has 1 heteroatoms. The lowest BCUT2D eigenvalue weighted by Crippen LogP contribution is -2.23. The summed E-state index contributed by atoms with van der Waals surface area (Å²) >= 11 is 0. The molecule has 0 amide bonds. The van der Waals surface area contributed by atoms with Gasteiger partial charge in [0, 0.05) is 0 Å². The first-order chi connectivity index (χ1) is 13.3. The van der Waals surface area contributed by atoms with Gasteiger partial charge in [0.15, 0.2) is 0 Å². The molecule has 1 unspecified atom stereocenters. The summed E-state index contributed by atoms with van der Waals surface area (Å²) in [5.74, 6) is 2.33. The lowest BCUT2D eigenvalue weighted by molar-refractivity contribution is 0.437. The van der Waals surface area contributed by atoms with E-state index in [0.29, 0.717) is 17.8 Å². The summed E-state index contributed by atoms with van der Waals surface area (Å²) < 4.78 is 0. The molecule has 0 aromatic heterocycles. The van der Waals surface area contributed by atoms with Crippen LogP contribution in [0.15, 0.2) is 30.3 Å². The quantitative estimate of drug-likeness (QED) is 0.448. The molecule has 0 N–H and O–H groups in total. The molecule has 0 radical (unpaired) electrons. The van der Waals surface area contributed by atoms with Crippen molar-refractivity contribution in [2.45, 2.75) is 97.3 Å². The molecule has 3 rings (SSSR count). The topological polar surface area (TPSA) is 0 Å². The fourth-order valence-corrected chi connectivity index (χ4v) is 6.38. The van der Waals surface area contributed by atoms with Crippen LogP contribution in [0.2, 0.25) is 0 Å². The van der Waals surface area contributed by atoms with Gasteiger partial charge in [-0.25, -0.2) is 0 Å². The van der Waals surface area contributed by atoms with E-state index >= 15 is 0 Å². The van der Waals surface area contributed by atoms with Gasteiger partial charge in [-0.1, -0.05) is 91.1 Å². The first kappa shape index (κ1) is 21.6. The second kappa shape index (κ2) is 9.13. The predicted molar refractivity (Wildman–Crippen MR) is 129 cm³/mol. The highest BCUT2D eigenvalue weighted by molar-refractivity contribution is 7.27. The Labute approximate surface area is 175 Å². The Morgan fingerprint density at radius 1 is 0.714 bits per heavy atom. The summed E-state index contributed by atoms with van der Waals surface area (Å²) in [6.07, 6.45) is 6.91. The molecule has 2 aromatic carbocycles. The molecule has 1 aliphatic rings. The van der Waals surface area contributed by atoms with Gasteiger partial charge in [-0.05, 0) is 75.2 Å². The van der Waals surface area contributed by atoms with Crippen LogP contribution in [0.25, 0.3) is 11.1 Å². The molecule has 0 nitrogen and oxygen atoms in total. The zero-order valence-electron chi connectivity index (χ0n) is 18.8. The third-order valence-electron chi connectivity index (χ3n) is 6.51. The Morgan fingerprint density at radius 2 is 1.25 bits per heavy atom. The van der Waals surface area contributed by atoms with Gasteiger partial charge in [0.05, 0.1) is 0 Å². The van der Waals surface area contributed by atoms with Crippen molar-refractivity contribution >= 4 is 14.5 Å². The van der Waals surface area contributed by atoms with E-state index in [0.717, 1.165) is 5.92 Å². The van der Waals surface area contributed by atoms with E-state index < -0.39 is 0 Å². The third-order valence-corrected chi connectivity index (χ3v) is 7.13. The molecule has 1 saturated carbocycles. The number of benzene rings is 2. The molecule has 152 valence electrons. The van der Waals surface area contributed by atoms with Gasteiger partial charge in [-0.3, -0.25) is 0 Å². The third kappa shape index (κ3) is 4.09. The molecule has 1 fully saturated rings. The summed E-state index contributed by atoms with van der Waals surface area (Å²) in [5.41, 5.74) is 9.44. The van der Waals surface area contributed by atoms with Gasteiger partial charge >= 0.3 is 0 Å². The molecule has 0 spiro atoms. The second-order valence-corrected chi connectivity index (χ2v) is 10.2. The van der Waals surface area contributed by atoms with Crippen molar-refractivity contribution in [3.8, 4) is 11.1 Å². The predicted octanol–water partition coefficient (Wildman–Crippen LogP) is 8.27. The van der Waals surface area contributed by atoms with Crippen LogP contribution in [0.3, 0.4) is 0 Å². The van der Waals surface area contributed by atoms with Gasteiger partial charge in [0.25, 0.3) is 0 Å². The lowest BCUT2D eigenvalue weighted by Gasteiger charge is -2.35. The van der Waals surface area contributed by atoms with Crippen LogP contribution in [0.4, 0.5) is 0 Å². The Hall–Kier alpha value is -1.13. The summed E-state index contributed by atoms with van der Waals surface area (Å²) in [6, 6.07) is 11.2. The number of rotatable bonds is 5. The van der Waals surface area contributed by atoms with E-state index in [1.165, 1.54) is 48.5 Å². The maximum atomic E-state index is 3.18. The molecule has 0 aliphatic heterocycles. The largest absolute Gasteiger partial charge is 0.105 e. The van der Waals surface area contributed by atoms with Crippen LogP contribution in [0, 0.1) is 0 Å². The highest BCUT2D eigenvalue weighted by atomic mass is 31.0. The van der Waals surface area contributed by atoms with Crippen molar-refractivity contribution in [3.05, 3.63) is 52.6 Å². The number of hydrogen-bond donors (Lipinski definition) is 0. The summed E-state index contributed by atoms with van der Waals surface area (Å²) in [4.78, 5) is 0. The van der Waals surface area contributed by atoms with E-state index in [4.69, 9.17) is 0 Å². The SMILES string of the molecule is CC(C)c1c(P)c(C(C)C)c(C2CCCCC2)c(C(C)C)c1-c1ccccc1. The fraction of sp³-hybridized carbons (Fsp3) is 0.556. The number of hydrogen-bond acceptors (Lipinski definition) is 0. The fourth-order valence-electron chi connectivity index (χ4n) is 5.42. The molecule has 1 atom stereocenters. The highest BCUT2D eigenvalue weighted by Crippen LogP contribution is 2.47. The van der Waals surface area contributed by atoms with Gasteiger partial charge < -0.3 is 0 Å². The van der Waals surface area contributed by atoms with E-state index in [9.17, 15) is 0 Å². The Bertz CT molecular complexity index is 793. The van der Waals surface area contributed by atoms with Crippen LogP contribution < -0.4 is 5.30 Å². The van der Waals surface area contributed by atoms with Gasteiger partial charge in [0.1, 0.15) is 0 Å². The summed E-state index contributed by atoms with van der Waals surface area (Å²) in [7, 11) is 3.18. The van der Waals surface area contributed by atoms with E-state index in [-0.39, 0.29) is 0 Å². The van der Waals surface area contributed by atoms with E-state index in [2.05, 4.69) is 81.1 Å². The first-order valence-electron chi connectivity index (χ1n) is 11.4. The Morgan fingerprint density at radius 3 is 1.75 bits per heavy atom. The molecular formula is C27H39P. The molecule has 28 heavy (non-hydrogen) atoms. The van der Waals surface area contributed by atoms with Crippen molar-refractivity contribution in [2.24, 2.45) is 0 Å². The molecule has 0 bridgehead atoms. The van der Waals surface area contributed by atoms with Crippen LogP contribution in [0.5, 0.6) is 0 Å². The second-order valence-electron chi connectivity index (χ2n) is 9.61. The zero-order valence-corrected chi connectivity index (χ0v) is 20.0. The van der Waals surface area contributed by atoms with Crippen LogP contribution >= 0.6 is 9.24 Å². The standard InChI is InChI=1S/C27H39P/c1-17(2)22-25(20-13-9-7-10-14-20)23(18(3)4)27(28)24(19(5)6)26(22)21-15-11-8-12-16-21/h7,9-10,13-14,17-19,21H,8,11-12,15-16,28H2,1-6H3. The minimum Gasteiger partial charge on any atom is -0.105 e. The Kier molecular flexibility index (Phi) is 7.03. The van der Waals surface area contributed by atoms with Crippen molar-refractivity contribution in [1.29, 1.82) is 0 Å². The minimum absolute atomic E-state index is 0.512. The van der Waals surface area contributed by atoms with Crippen molar-refractivity contribution in [3.63, 3.8) is 0 Å². The molecule has 1 aliphatic carbocycles. The summed E-state index contributed by atoms with van der Waals surface area (Å²) in [6.45, 7) is 14.3. The van der Waals surface area contributed by atoms with Crippen molar-refractivity contribution in [1.82, 2.24) is 0 Å². The lowest BCUT2D eigenvalue weighted by atomic mass is 9.71. The molecule has 2 aromatic rings. The monoisotopic (exact) mass is 394 g/mol. The van der Waals surface area contributed by atoms with Gasteiger partial charge in [0.2, 0.25) is 0 Å². The molecule has 0 saturated heterocycles. The van der Waals surface area contributed by atoms with Crippen LogP contribution in [-0.4, -0.2) is 0 Å². The Balaban J connectivity index is 2.45. The maximum Gasteiger partial charge on any atom is -0.0105 e. The van der Waals surface area contributed by atoms with E-state index in [1.54, 1.807) is 22.3 Å². The van der Waals surface area contributed by atoms with Crippen molar-refractivity contribution in [2.75, 3.05) is 0 Å². The van der Waals surface area contributed by atoms with Gasteiger partial charge in [-0.2, -0.15) is 0 Å². The average Bonchev–Trinajstić information content (AvgIpc) is 2.67. The summed E-state index contributed by atoms with van der Waals surface area (Å²) in [5, 5.41) is 1.48. The maximum absolute atomic E-state index is 3.18. The van der Waals surface area contributed by atoms with E-state index in [1.807, 2.05) is 0 Å². The van der Waals surface area contributed by atoms with Crippen LogP contribution in [-0.2, 0) is 0 Å². The van der Waals surface area contributed by atoms with Crippen molar-refractivity contribution < 1.29 is 0 Å². The zero-order chi connectivity index (χ0) is 20.4. The molecule has 0 heterocycles. The van der Waals surface area contributed by atoms with Crippen LogP contribution in [0.1, 0.15) is 120 Å².